The third-order valence-electron chi connectivity index (χ3n) is 3.99. The van der Waals surface area contributed by atoms with Gasteiger partial charge in [-0.05, 0) is 51.3 Å². The molecule has 0 amide bonds. The third kappa shape index (κ3) is 3.01. The summed E-state index contributed by atoms with van der Waals surface area (Å²) in [6, 6.07) is 8.03. The highest BCUT2D eigenvalue weighted by atomic mass is 16.3. The van der Waals surface area contributed by atoms with Crippen LogP contribution in [0.4, 0.5) is 0 Å². The Bertz CT molecular complexity index is 364. The molecule has 17 heavy (non-hydrogen) atoms. The van der Waals surface area contributed by atoms with Crippen LogP contribution < -0.4 is 0 Å². The van der Waals surface area contributed by atoms with E-state index in [0.717, 1.165) is 24.6 Å². The van der Waals surface area contributed by atoms with E-state index in [4.69, 9.17) is 0 Å². The van der Waals surface area contributed by atoms with E-state index in [1.54, 1.807) is 6.07 Å². The molecule has 0 radical (unpaired) electrons. The van der Waals surface area contributed by atoms with Crippen LogP contribution in [0.1, 0.15) is 44.7 Å². The Kier molecular flexibility index (Phi) is 4.06. The fourth-order valence-corrected chi connectivity index (χ4v) is 2.71. The Labute approximate surface area is 104 Å². The van der Waals surface area contributed by atoms with Crippen molar-refractivity contribution in [2.24, 2.45) is 5.92 Å². The van der Waals surface area contributed by atoms with Crippen molar-refractivity contribution in [3.8, 4) is 5.75 Å². The second-order valence-corrected chi connectivity index (χ2v) is 5.31. The first-order chi connectivity index (χ1) is 8.18. The Hall–Kier alpha value is -1.02. The molecule has 2 unspecified atom stereocenters. The quantitative estimate of drug-likeness (QED) is 0.844. The summed E-state index contributed by atoms with van der Waals surface area (Å²) in [6.45, 7) is 6.84. The van der Waals surface area contributed by atoms with Crippen molar-refractivity contribution in [1.29, 1.82) is 0 Å². The standard InChI is InChI=1S/C15H23NO/c1-12-6-5-10-16(11-9-12)13(2)14-7-3-4-8-15(14)17/h3-4,7-8,12-13,17H,5-6,9-11H2,1-2H3. The highest BCUT2D eigenvalue weighted by Crippen LogP contribution is 2.30. The fraction of sp³-hybridized carbons (Fsp3) is 0.600. The van der Waals surface area contributed by atoms with Crippen LogP contribution in [-0.4, -0.2) is 23.1 Å². The van der Waals surface area contributed by atoms with Crippen LogP contribution in [0.2, 0.25) is 0 Å². The van der Waals surface area contributed by atoms with Crippen LogP contribution in [-0.2, 0) is 0 Å². The van der Waals surface area contributed by atoms with Crippen molar-refractivity contribution in [3.63, 3.8) is 0 Å². The second kappa shape index (κ2) is 5.54. The molecule has 1 aromatic rings. The Morgan fingerprint density at radius 2 is 2.00 bits per heavy atom. The molecule has 0 aromatic heterocycles. The molecule has 2 rings (SSSR count). The highest BCUT2D eigenvalue weighted by Gasteiger charge is 2.21. The number of phenolic OH excluding ortho intramolecular Hbond substituents is 1. The minimum atomic E-state index is 0.321. The zero-order chi connectivity index (χ0) is 12.3. The van der Waals surface area contributed by atoms with Gasteiger partial charge in [0, 0.05) is 11.6 Å². The van der Waals surface area contributed by atoms with Gasteiger partial charge in [-0.25, -0.2) is 0 Å². The lowest BCUT2D eigenvalue weighted by molar-refractivity contribution is 0.213. The number of rotatable bonds is 2. The number of likely N-dealkylation sites (tertiary alicyclic amines) is 1. The highest BCUT2D eigenvalue weighted by molar-refractivity contribution is 5.34. The van der Waals surface area contributed by atoms with Gasteiger partial charge in [-0.3, -0.25) is 4.90 Å². The number of benzene rings is 1. The Morgan fingerprint density at radius 3 is 2.76 bits per heavy atom. The van der Waals surface area contributed by atoms with E-state index in [1.807, 2.05) is 18.2 Å². The second-order valence-electron chi connectivity index (χ2n) is 5.31. The van der Waals surface area contributed by atoms with Gasteiger partial charge < -0.3 is 5.11 Å². The summed E-state index contributed by atoms with van der Waals surface area (Å²) in [4.78, 5) is 2.50. The van der Waals surface area contributed by atoms with Crippen LogP contribution in [0.5, 0.6) is 5.75 Å². The summed E-state index contributed by atoms with van der Waals surface area (Å²) in [5.41, 5.74) is 1.06. The predicted octanol–water partition coefficient (Wildman–Crippen LogP) is 3.58. The van der Waals surface area contributed by atoms with Crippen LogP contribution in [0.3, 0.4) is 0 Å². The molecular formula is C15H23NO. The molecule has 2 atom stereocenters. The average Bonchev–Trinajstić information content (AvgIpc) is 2.54. The minimum absolute atomic E-state index is 0.321. The Morgan fingerprint density at radius 1 is 1.24 bits per heavy atom. The molecular weight excluding hydrogens is 210 g/mol. The molecule has 1 heterocycles. The van der Waals surface area contributed by atoms with Gasteiger partial charge in [0.05, 0.1) is 0 Å². The van der Waals surface area contributed by atoms with Crippen molar-refractivity contribution >= 4 is 0 Å². The van der Waals surface area contributed by atoms with Gasteiger partial charge in [0.15, 0.2) is 0 Å². The summed E-state index contributed by atoms with van der Waals surface area (Å²) in [5.74, 6) is 1.27. The smallest absolute Gasteiger partial charge is 0.120 e. The maximum Gasteiger partial charge on any atom is 0.120 e. The number of para-hydroxylation sites is 1. The van der Waals surface area contributed by atoms with Crippen LogP contribution >= 0.6 is 0 Å². The maximum absolute atomic E-state index is 9.91. The monoisotopic (exact) mass is 233 g/mol. The van der Waals surface area contributed by atoms with Crippen molar-refractivity contribution < 1.29 is 5.11 Å². The van der Waals surface area contributed by atoms with E-state index in [9.17, 15) is 5.11 Å². The van der Waals surface area contributed by atoms with Gasteiger partial charge in [-0.1, -0.05) is 25.1 Å². The van der Waals surface area contributed by atoms with E-state index >= 15 is 0 Å². The molecule has 0 bridgehead atoms. The topological polar surface area (TPSA) is 23.5 Å². The molecule has 1 aromatic carbocycles. The minimum Gasteiger partial charge on any atom is -0.508 e. The molecule has 0 aliphatic carbocycles. The van der Waals surface area contributed by atoms with E-state index < -0.39 is 0 Å². The van der Waals surface area contributed by atoms with Gasteiger partial charge >= 0.3 is 0 Å². The Balaban J connectivity index is 2.09. The van der Waals surface area contributed by atoms with Gasteiger partial charge in [0.25, 0.3) is 0 Å². The number of hydrogen-bond acceptors (Lipinski definition) is 2. The largest absolute Gasteiger partial charge is 0.508 e. The maximum atomic E-state index is 9.91. The third-order valence-corrected chi connectivity index (χ3v) is 3.99. The molecule has 2 heteroatoms. The summed E-state index contributed by atoms with van der Waals surface area (Å²) in [5, 5.41) is 9.91. The molecule has 0 spiro atoms. The van der Waals surface area contributed by atoms with E-state index in [-0.39, 0.29) is 0 Å². The fourth-order valence-electron chi connectivity index (χ4n) is 2.71. The van der Waals surface area contributed by atoms with E-state index in [1.165, 1.54) is 19.3 Å². The van der Waals surface area contributed by atoms with Crippen molar-refractivity contribution in [2.75, 3.05) is 13.1 Å². The molecule has 1 N–H and O–H groups in total. The van der Waals surface area contributed by atoms with Crippen molar-refractivity contribution in [2.45, 2.75) is 39.2 Å². The summed E-state index contributed by atoms with van der Waals surface area (Å²) in [6.07, 6.45) is 3.89. The first-order valence-electron chi connectivity index (χ1n) is 6.70. The molecule has 1 saturated heterocycles. The predicted molar refractivity (Wildman–Crippen MR) is 71.1 cm³/mol. The van der Waals surface area contributed by atoms with Gasteiger partial charge in [0.1, 0.15) is 5.75 Å². The lowest BCUT2D eigenvalue weighted by atomic mass is 10.0. The normalized spacial score (nSPS) is 24.2. The number of aromatic hydroxyl groups is 1. The summed E-state index contributed by atoms with van der Waals surface area (Å²) >= 11 is 0. The zero-order valence-corrected chi connectivity index (χ0v) is 10.9. The lowest BCUT2D eigenvalue weighted by Gasteiger charge is -2.28. The SMILES string of the molecule is CC1CCCN(C(C)c2ccccc2O)CC1. The van der Waals surface area contributed by atoms with Gasteiger partial charge in [-0.2, -0.15) is 0 Å². The van der Waals surface area contributed by atoms with Gasteiger partial charge in [-0.15, -0.1) is 0 Å². The van der Waals surface area contributed by atoms with Crippen LogP contribution in [0.25, 0.3) is 0 Å². The molecule has 2 nitrogen and oxygen atoms in total. The lowest BCUT2D eigenvalue weighted by Crippen LogP contribution is -2.28. The van der Waals surface area contributed by atoms with Crippen LogP contribution in [0.15, 0.2) is 24.3 Å². The molecule has 0 saturated carbocycles. The zero-order valence-electron chi connectivity index (χ0n) is 10.9. The molecule has 1 fully saturated rings. The first kappa shape index (κ1) is 12.4. The summed E-state index contributed by atoms with van der Waals surface area (Å²) in [7, 11) is 0. The molecule has 1 aliphatic rings. The number of hydrogen-bond donors (Lipinski definition) is 1. The van der Waals surface area contributed by atoms with Gasteiger partial charge in [0.2, 0.25) is 0 Å². The van der Waals surface area contributed by atoms with Crippen molar-refractivity contribution in [1.82, 2.24) is 4.90 Å². The van der Waals surface area contributed by atoms with Crippen LogP contribution in [0, 0.1) is 5.92 Å². The molecule has 94 valence electrons. The summed E-state index contributed by atoms with van der Waals surface area (Å²) < 4.78 is 0. The van der Waals surface area contributed by atoms with Crippen molar-refractivity contribution in [3.05, 3.63) is 29.8 Å². The first-order valence-corrected chi connectivity index (χ1v) is 6.70. The number of nitrogens with zero attached hydrogens (tertiary/aromatic N) is 1. The number of phenols is 1. The van der Waals surface area contributed by atoms with E-state index in [2.05, 4.69) is 18.7 Å². The molecule has 1 aliphatic heterocycles. The van der Waals surface area contributed by atoms with E-state index in [0.29, 0.717) is 11.8 Å². The average molecular weight is 233 g/mol.